The van der Waals surface area contributed by atoms with Crippen molar-refractivity contribution in [2.75, 3.05) is 26.2 Å². The lowest BCUT2D eigenvalue weighted by Crippen LogP contribution is -2.31. The third-order valence-electron chi connectivity index (χ3n) is 4.16. The molecule has 0 spiro atoms. The molecule has 0 aromatic heterocycles. The van der Waals surface area contributed by atoms with E-state index in [9.17, 15) is 0 Å². The van der Waals surface area contributed by atoms with Crippen molar-refractivity contribution in [2.45, 2.75) is 19.4 Å². The third kappa shape index (κ3) is 3.87. The fourth-order valence-electron chi connectivity index (χ4n) is 2.98. The molecule has 116 valence electrons. The van der Waals surface area contributed by atoms with Crippen LogP contribution < -0.4 is 10.5 Å². The van der Waals surface area contributed by atoms with Crippen LogP contribution in [0.15, 0.2) is 48.5 Å². The Morgan fingerprint density at radius 2 is 1.86 bits per heavy atom. The summed E-state index contributed by atoms with van der Waals surface area (Å²) in [6.07, 6.45) is 2.10. The van der Waals surface area contributed by atoms with Crippen molar-refractivity contribution in [1.82, 2.24) is 4.90 Å². The lowest BCUT2D eigenvalue weighted by Gasteiger charge is -2.22. The number of ether oxygens (including phenoxy) is 1. The second kappa shape index (κ2) is 7.43. The summed E-state index contributed by atoms with van der Waals surface area (Å²) in [5.74, 6) is 1.05. The summed E-state index contributed by atoms with van der Waals surface area (Å²) in [6.45, 7) is 4.44. The molecule has 3 nitrogen and oxygen atoms in total. The SMILES string of the molecule is NCCN(CCc1ccccc1)Cc1ccc2c(c1)CCO2. The van der Waals surface area contributed by atoms with Gasteiger partial charge in [-0.15, -0.1) is 0 Å². The van der Waals surface area contributed by atoms with Gasteiger partial charge >= 0.3 is 0 Å². The average molecular weight is 296 g/mol. The molecule has 0 saturated carbocycles. The summed E-state index contributed by atoms with van der Waals surface area (Å²) in [5.41, 5.74) is 9.86. The Kier molecular flexibility index (Phi) is 5.09. The molecule has 0 unspecified atom stereocenters. The molecule has 3 heteroatoms. The van der Waals surface area contributed by atoms with Crippen LogP contribution >= 0.6 is 0 Å². The van der Waals surface area contributed by atoms with E-state index < -0.39 is 0 Å². The average Bonchev–Trinajstić information content (AvgIpc) is 3.01. The number of nitrogens with zero attached hydrogens (tertiary/aromatic N) is 1. The van der Waals surface area contributed by atoms with Crippen molar-refractivity contribution in [3.63, 3.8) is 0 Å². The fourth-order valence-corrected chi connectivity index (χ4v) is 2.98. The molecule has 0 bridgehead atoms. The largest absolute Gasteiger partial charge is 0.493 e. The Hall–Kier alpha value is -1.84. The zero-order chi connectivity index (χ0) is 15.2. The van der Waals surface area contributed by atoms with Crippen molar-refractivity contribution in [1.29, 1.82) is 0 Å². The summed E-state index contributed by atoms with van der Waals surface area (Å²) in [6, 6.07) is 17.2. The molecule has 2 aromatic rings. The van der Waals surface area contributed by atoms with Crippen molar-refractivity contribution >= 4 is 0 Å². The van der Waals surface area contributed by atoms with Crippen LogP contribution in [0.5, 0.6) is 5.75 Å². The van der Waals surface area contributed by atoms with Crippen LogP contribution in [-0.2, 0) is 19.4 Å². The van der Waals surface area contributed by atoms with Crippen LogP contribution in [0.2, 0.25) is 0 Å². The van der Waals surface area contributed by atoms with Crippen molar-refractivity contribution in [3.8, 4) is 5.75 Å². The predicted octanol–water partition coefficient (Wildman–Crippen LogP) is 2.62. The number of rotatable bonds is 7. The molecule has 3 rings (SSSR count). The minimum absolute atomic E-state index is 0.697. The minimum atomic E-state index is 0.697. The molecule has 22 heavy (non-hydrogen) atoms. The summed E-state index contributed by atoms with van der Waals surface area (Å²) in [5, 5.41) is 0. The van der Waals surface area contributed by atoms with Gasteiger partial charge < -0.3 is 10.5 Å². The predicted molar refractivity (Wildman–Crippen MR) is 90.1 cm³/mol. The molecule has 1 aliphatic heterocycles. The fraction of sp³-hybridized carbons (Fsp3) is 0.368. The second-order valence-corrected chi connectivity index (χ2v) is 5.84. The van der Waals surface area contributed by atoms with Gasteiger partial charge in [-0.05, 0) is 29.2 Å². The van der Waals surface area contributed by atoms with E-state index in [1.807, 2.05) is 0 Å². The van der Waals surface area contributed by atoms with Gasteiger partial charge in [0.25, 0.3) is 0 Å². The number of hydrogen-bond acceptors (Lipinski definition) is 3. The van der Waals surface area contributed by atoms with Crippen molar-refractivity contribution < 1.29 is 4.74 Å². The summed E-state index contributed by atoms with van der Waals surface area (Å²) >= 11 is 0. The highest BCUT2D eigenvalue weighted by atomic mass is 16.5. The molecule has 0 amide bonds. The van der Waals surface area contributed by atoms with Gasteiger partial charge in [-0.25, -0.2) is 0 Å². The van der Waals surface area contributed by atoms with Gasteiger partial charge in [-0.2, -0.15) is 0 Å². The first-order chi connectivity index (χ1) is 10.8. The van der Waals surface area contributed by atoms with Crippen LogP contribution in [0, 0.1) is 0 Å². The van der Waals surface area contributed by atoms with E-state index in [1.54, 1.807) is 0 Å². The zero-order valence-corrected chi connectivity index (χ0v) is 13.0. The van der Waals surface area contributed by atoms with E-state index in [0.717, 1.165) is 44.8 Å². The van der Waals surface area contributed by atoms with E-state index in [1.165, 1.54) is 16.7 Å². The molecule has 0 atom stereocenters. The molecule has 2 N–H and O–H groups in total. The number of benzene rings is 2. The van der Waals surface area contributed by atoms with Gasteiger partial charge in [0.05, 0.1) is 6.61 Å². The number of hydrogen-bond donors (Lipinski definition) is 1. The molecule has 0 fully saturated rings. The molecule has 1 aliphatic rings. The lowest BCUT2D eigenvalue weighted by molar-refractivity contribution is 0.276. The summed E-state index contributed by atoms with van der Waals surface area (Å²) in [4.78, 5) is 2.44. The maximum Gasteiger partial charge on any atom is 0.122 e. The highest BCUT2D eigenvalue weighted by molar-refractivity contribution is 5.39. The first-order valence-electron chi connectivity index (χ1n) is 8.06. The van der Waals surface area contributed by atoms with Crippen molar-refractivity contribution in [2.24, 2.45) is 5.73 Å². The van der Waals surface area contributed by atoms with E-state index in [2.05, 4.69) is 53.4 Å². The molecular weight excluding hydrogens is 272 g/mol. The zero-order valence-electron chi connectivity index (χ0n) is 13.0. The van der Waals surface area contributed by atoms with Crippen LogP contribution in [0.3, 0.4) is 0 Å². The Morgan fingerprint density at radius 3 is 2.68 bits per heavy atom. The molecule has 0 radical (unpaired) electrons. The number of nitrogens with two attached hydrogens (primary N) is 1. The van der Waals surface area contributed by atoms with Crippen LogP contribution in [-0.4, -0.2) is 31.1 Å². The quantitative estimate of drug-likeness (QED) is 0.853. The van der Waals surface area contributed by atoms with Crippen LogP contribution in [0.1, 0.15) is 16.7 Å². The third-order valence-corrected chi connectivity index (χ3v) is 4.16. The van der Waals surface area contributed by atoms with Gasteiger partial charge in [0.2, 0.25) is 0 Å². The van der Waals surface area contributed by atoms with Crippen molar-refractivity contribution in [3.05, 3.63) is 65.2 Å². The highest BCUT2D eigenvalue weighted by Crippen LogP contribution is 2.26. The van der Waals surface area contributed by atoms with Gasteiger partial charge in [-0.1, -0.05) is 42.5 Å². The van der Waals surface area contributed by atoms with E-state index in [4.69, 9.17) is 10.5 Å². The lowest BCUT2D eigenvalue weighted by atomic mass is 10.1. The van der Waals surface area contributed by atoms with E-state index in [0.29, 0.717) is 6.54 Å². The highest BCUT2D eigenvalue weighted by Gasteiger charge is 2.13. The maximum absolute atomic E-state index is 5.78. The molecule has 0 saturated heterocycles. The standard InChI is InChI=1S/C19H24N2O/c20-10-12-21(11-8-16-4-2-1-3-5-16)15-17-6-7-19-18(14-17)9-13-22-19/h1-7,14H,8-13,15,20H2. The normalized spacial score (nSPS) is 13.2. The topological polar surface area (TPSA) is 38.5 Å². The van der Waals surface area contributed by atoms with Crippen LogP contribution in [0.25, 0.3) is 0 Å². The summed E-state index contributed by atoms with van der Waals surface area (Å²) < 4.78 is 5.58. The Balaban J connectivity index is 1.61. The van der Waals surface area contributed by atoms with E-state index in [-0.39, 0.29) is 0 Å². The maximum atomic E-state index is 5.78. The smallest absolute Gasteiger partial charge is 0.122 e. The minimum Gasteiger partial charge on any atom is -0.493 e. The Bertz CT molecular complexity index is 598. The first-order valence-corrected chi connectivity index (χ1v) is 8.06. The van der Waals surface area contributed by atoms with Crippen LogP contribution in [0.4, 0.5) is 0 Å². The van der Waals surface area contributed by atoms with Gasteiger partial charge in [-0.3, -0.25) is 4.90 Å². The Labute approximate surface area is 132 Å². The monoisotopic (exact) mass is 296 g/mol. The Morgan fingerprint density at radius 1 is 1.00 bits per heavy atom. The van der Waals surface area contributed by atoms with Gasteiger partial charge in [0.1, 0.15) is 5.75 Å². The molecule has 0 aliphatic carbocycles. The first kappa shape index (κ1) is 15.1. The van der Waals surface area contributed by atoms with E-state index >= 15 is 0 Å². The molecule has 2 aromatic carbocycles. The van der Waals surface area contributed by atoms with Gasteiger partial charge in [0.15, 0.2) is 0 Å². The molecular formula is C19H24N2O. The number of fused-ring (bicyclic) bond motifs is 1. The second-order valence-electron chi connectivity index (χ2n) is 5.84. The van der Waals surface area contributed by atoms with Gasteiger partial charge in [0, 0.05) is 32.6 Å². The summed E-state index contributed by atoms with van der Waals surface area (Å²) in [7, 11) is 0. The molecule has 1 heterocycles.